The van der Waals surface area contributed by atoms with Gasteiger partial charge in [0.05, 0.1) is 17.3 Å². The van der Waals surface area contributed by atoms with Gasteiger partial charge in [-0.25, -0.2) is 0 Å². The summed E-state index contributed by atoms with van der Waals surface area (Å²) >= 11 is 0. The van der Waals surface area contributed by atoms with Crippen LogP contribution in [0.1, 0.15) is 41.9 Å². The molecule has 17 heavy (non-hydrogen) atoms. The van der Waals surface area contributed by atoms with Gasteiger partial charge in [0, 0.05) is 12.3 Å². The molecule has 1 N–H and O–H groups in total. The normalized spacial score (nSPS) is 19.3. The molecule has 88 valence electrons. The molecule has 1 unspecified atom stereocenters. The zero-order valence-electron chi connectivity index (χ0n) is 9.81. The number of aliphatic hydroxyl groups is 1. The second kappa shape index (κ2) is 3.70. The van der Waals surface area contributed by atoms with Crippen LogP contribution in [0.15, 0.2) is 24.3 Å². The van der Waals surface area contributed by atoms with Crippen LogP contribution in [0.4, 0.5) is 0 Å². The first-order valence-electron chi connectivity index (χ1n) is 6.01. The zero-order chi connectivity index (χ0) is 12.0. The van der Waals surface area contributed by atoms with E-state index in [0.29, 0.717) is 0 Å². The fraction of sp³-hybridized carbons (Fsp3) is 0.357. The number of aryl methyl sites for hydroxylation is 1. The van der Waals surface area contributed by atoms with E-state index in [1.54, 1.807) is 11.5 Å². The van der Waals surface area contributed by atoms with Crippen molar-refractivity contribution in [3.05, 3.63) is 35.5 Å². The minimum absolute atomic E-state index is 0.0246. The van der Waals surface area contributed by atoms with Crippen molar-refractivity contribution >= 4 is 16.8 Å². The van der Waals surface area contributed by atoms with Gasteiger partial charge in [0.1, 0.15) is 0 Å². The lowest BCUT2D eigenvalue weighted by atomic mass is 9.93. The smallest absolute Gasteiger partial charge is 0.228 e. The second-order valence-corrected chi connectivity index (χ2v) is 4.64. The van der Waals surface area contributed by atoms with E-state index in [2.05, 4.69) is 0 Å². The minimum Gasteiger partial charge on any atom is -0.387 e. The number of carbonyl (C=O) groups is 1. The van der Waals surface area contributed by atoms with Crippen molar-refractivity contribution in [3.8, 4) is 0 Å². The Kier molecular flexibility index (Phi) is 2.30. The number of aliphatic hydroxyl groups excluding tert-OH is 1. The highest BCUT2D eigenvalue weighted by atomic mass is 16.3. The lowest BCUT2D eigenvalue weighted by Gasteiger charge is -2.20. The number of nitrogens with zero attached hydrogens (tertiary/aromatic N) is 1. The summed E-state index contributed by atoms with van der Waals surface area (Å²) in [5, 5.41) is 11.2. The highest BCUT2D eigenvalue weighted by Gasteiger charge is 2.27. The third-order valence-corrected chi connectivity index (χ3v) is 3.56. The molecule has 3 heteroatoms. The zero-order valence-corrected chi connectivity index (χ0v) is 9.81. The fourth-order valence-electron chi connectivity index (χ4n) is 2.89. The number of rotatable bonds is 0. The van der Waals surface area contributed by atoms with Crippen molar-refractivity contribution in [2.24, 2.45) is 0 Å². The highest BCUT2D eigenvalue weighted by molar-refractivity contribution is 5.95. The summed E-state index contributed by atoms with van der Waals surface area (Å²) in [5.41, 5.74) is 2.88. The van der Waals surface area contributed by atoms with Crippen molar-refractivity contribution in [1.29, 1.82) is 0 Å². The Hall–Kier alpha value is -1.61. The summed E-state index contributed by atoms with van der Waals surface area (Å²) in [7, 11) is 0. The average molecular weight is 229 g/mol. The summed E-state index contributed by atoms with van der Waals surface area (Å²) in [5.74, 6) is -0.0246. The molecular weight excluding hydrogens is 214 g/mol. The van der Waals surface area contributed by atoms with E-state index in [9.17, 15) is 9.90 Å². The first kappa shape index (κ1) is 10.5. The summed E-state index contributed by atoms with van der Waals surface area (Å²) in [6, 6.07) is 7.89. The van der Waals surface area contributed by atoms with Gasteiger partial charge in [0.2, 0.25) is 5.91 Å². The standard InChI is InChI=1S/C14H15NO2/c1-9(16)15-12-7-3-2-5-10(12)11-6-4-8-13(17)14(11)15/h2-3,5,7,13,17H,4,6,8H2,1H3. The summed E-state index contributed by atoms with van der Waals surface area (Å²) < 4.78 is 1.68. The Balaban J connectivity index is 2.43. The number of hydrogen-bond acceptors (Lipinski definition) is 2. The van der Waals surface area contributed by atoms with E-state index < -0.39 is 6.10 Å². The second-order valence-electron chi connectivity index (χ2n) is 4.64. The quantitative estimate of drug-likeness (QED) is 0.754. The largest absolute Gasteiger partial charge is 0.387 e. The van der Waals surface area contributed by atoms with Crippen LogP contribution in [0.2, 0.25) is 0 Å². The van der Waals surface area contributed by atoms with Gasteiger partial charge >= 0.3 is 0 Å². The van der Waals surface area contributed by atoms with Gasteiger partial charge in [-0.2, -0.15) is 0 Å². The van der Waals surface area contributed by atoms with Gasteiger partial charge in [0.25, 0.3) is 0 Å². The Morgan fingerprint density at radius 3 is 2.94 bits per heavy atom. The molecule has 1 aromatic heterocycles. The molecule has 1 aliphatic rings. The molecule has 0 aliphatic heterocycles. The van der Waals surface area contributed by atoms with E-state index in [0.717, 1.165) is 41.4 Å². The molecule has 0 spiro atoms. The molecule has 1 atom stereocenters. The van der Waals surface area contributed by atoms with E-state index in [4.69, 9.17) is 0 Å². The maximum atomic E-state index is 11.8. The fourth-order valence-corrected chi connectivity index (χ4v) is 2.89. The Bertz CT molecular complexity index is 598. The molecule has 0 fully saturated rings. The predicted octanol–water partition coefficient (Wildman–Crippen LogP) is 2.67. The van der Waals surface area contributed by atoms with Crippen molar-refractivity contribution in [3.63, 3.8) is 0 Å². The third-order valence-electron chi connectivity index (χ3n) is 3.56. The van der Waals surface area contributed by atoms with Crippen molar-refractivity contribution in [2.45, 2.75) is 32.3 Å². The molecule has 0 saturated carbocycles. The van der Waals surface area contributed by atoms with Gasteiger partial charge < -0.3 is 5.11 Å². The van der Waals surface area contributed by atoms with Crippen LogP contribution in [-0.4, -0.2) is 15.6 Å². The average Bonchev–Trinajstić information content (AvgIpc) is 2.65. The minimum atomic E-state index is -0.505. The Morgan fingerprint density at radius 2 is 2.18 bits per heavy atom. The number of hydrogen-bond donors (Lipinski definition) is 1. The van der Waals surface area contributed by atoms with E-state index in [1.165, 1.54) is 0 Å². The lowest BCUT2D eigenvalue weighted by molar-refractivity contribution is 0.0909. The van der Waals surface area contributed by atoms with E-state index in [-0.39, 0.29) is 5.91 Å². The summed E-state index contributed by atoms with van der Waals surface area (Å²) in [6.45, 7) is 1.55. The topological polar surface area (TPSA) is 42.2 Å². The van der Waals surface area contributed by atoms with Gasteiger partial charge in [-0.1, -0.05) is 18.2 Å². The maximum absolute atomic E-state index is 11.8. The van der Waals surface area contributed by atoms with Crippen molar-refractivity contribution < 1.29 is 9.90 Å². The number of benzene rings is 1. The lowest BCUT2D eigenvalue weighted by Crippen LogP contribution is -2.17. The molecule has 0 amide bonds. The highest BCUT2D eigenvalue weighted by Crippen LogP contribution is 2.37. The monoisotopic (exact) mass is 229 g/mol. The van der Waals surface area contributed by atoms with Crippen LogP contribution in [0.3, 0.4) is 0 Å². The van der Waals surface area contributed by atoms with Gasteiger partial charge in [-0.15, -0.1) is 0 Å². The SMILES string of the molecule is CC(=O)n1c2c(c3ccccc31)CCCC2O. The number of aromatic nitrogens is 1. The first-order valence-corrected chi connectivity index (χ1v) is 6.01. The number of para-hydroxylation sites is 1. The Morgan fingerprint density at radius 1 is 1.41 bits per heavy atom. The van der Waals surface area contributed by atoms with E-state index in [1.807, 2.05) is 24.3 Å². The van der Waals surface area contributed by atoms with E-state index >= 15 is 0 Å². The van der Waals surface area contributed by atoms with Crippen LogP contribution in [0.5, 0.6) is 0 Å². The van der Waals surface area contributed by atoms with Crippen LogP contribution < -0.4 is 0 Å². The Labute approximate surface area is 99.7 Å². The third kappa shape index (κ3) is 1.42. The van der Waals surface area contributed by atoms with Crippen LogP contribution >= 0.6 is 0 Å². The van der Waals surface area contributed by atoms with Crippen molar-refractivity contribution in [2.75, 3.05) is 0 Å². The first-order chi connectivity index (χ1) is 8.20. The number of fused-ring (bicyclic) bond motifs is 3. The van der Waals surface area contributed by atoms with Crippen molar-refractivity contribution in [1.82, 2.24) is 4.57 Å². The molecule has 3 nitrogen and oxygen atoms in total. The molecule has 1 aliphatic carbocycles. The van der Waals surface area contributed by atoms with Crippen LogP contribution in [0.25, 0.3) is 10.9 Å². The van der Waals surface area contributed by atoms with Gasteiger partial charge in [0.15, 0.2) is 0 Å². The maximum Gasteiger partial charge on any atom is 0.228 e. The molecule has 0 saturated heterocycles. The predicted molar refractivity (Wildman–Crippen MR) is 66.1 cm³/mol. The van der Waals surface area contributed by atoms with Crippen LogP contribution in [0, 0.1) is 0 Å². The summed E-state index contributed by atoms with van der Waals surface area (Å²) in [6.07, 6.45) is 2.18. The molecule has 2 aromatic rings. The molecule has 0 radical (unpaired) electrons. The molecular formula is C14H15NO2. The number of carbonyl (C=O) groups excluding carboxylic acids is 1. The molecule has 1 aromatic carbocycles. The van der Waals surface area contributed by atoms with Gasteiger partial charge in [-0.05, 0) is 30.9 Å². The molecule has 0 bridgehead atoms. The van der Waals surface area contributed by atoms with Crippen LogP contribution in [-0.2, 0) is 6.42 Å². The summed E-state index contributed by atoms with van der Waals surface area (Å²) in [4.78, 5) is 11.8. The van der Waals surface area contributed by atoms with Gasteiger partial charge in [-0.3, -0.25) is 9.36 Å². The molecule has 3 rings (SSSR count). The molecule has 1 heterocycles.